The molecule has 0 unspecified atom stereocenters. The fraction of sp³-hybridized carbons (Fsp3) is 0.333. The van der Waals surface area contributed by atoms with Crippen LogP contribution in [0.2, 0.25) is 0 Å². The van der Waals surface area contributed by atoms with Crippen LogP contribution in [0.1, 0.15) is 48.3 Å². The van der Waals surface area contributed by atoms with Crippen molar-refractivity contribution in [2.24, 2.45) is 0 Å². The average molecular weight is 376 g/mol. The second-order valence-corrected chi connectivity index (χ2v) is 6.07. The van der Waals surface area contributed by atoms with Crippen molar-refractivity contribution in [2.75, 3.05) is 12.3 Å². The van der Waals surface area contributed by atoms with Crippen LogP contribution in [0.15, 0.2) is 41.0 Å². The topological polar surface area (TPSA) is 59.2 Å². The number of rotatable bonds is 1. The number of nitrogens with two attached hydrogens (primary N) is 1. The highest BCUT2D eigenvalue weighted by Crippen LogP contribution is 2.30. The highest BCUT2D eigenvalue weighted by molar-refractivity contribution is 9.10. The molecule has 0 aliphatic carbocycles. The third-order valence-corrected chi connectivity index (χ3v) is 4.61. The number of fused-ring (bicyclic) bond motifs is 1. The summed E-state index contributed by atoms with van der Waals surface area (Å²) in [6, 6.07) is 10.1. The molecule has 0 bridgehead atoms. The Morgan fingerprint density at radius 1 is 1.35 bits per heavy atom. The summed E-state index contributed by atoms with van der Waals surface area (Å²) in [5, 5.41) is 0. The Morgan fingerprint density at radius 2 is 2.04 bits per heavy atom. The van der Waals surface area contributed by atoms with Crippen molar-refractivity contribution < 1.29 is 4.79 Å². The minimum atomic E-state index is -0.00907. The summed E-state index contributed by atoms with van der Waals surface area (Å²) >= 11 is 3.32. The van der Waals surface area contributed by atoms with Gasteiger partial charge in [-0.15, -0.1) is 0 Å². The highest BCUT2D eigenvalue weighted by Gasteiger charge is 2.28. The molecule has 0 radical (unpaired) electrons. The van der Waals surface area contributed by atoms with Gasteiger partial charge in [0.25, 0.3) is 5.91 Å². The summed E-state index contributed by atoms with van der Waals surface area (Å²) in [5.41, 5.74) is 8.78. The van der Waals surface area contributed by atoms with Crippen LogP contribution in [0.3, 0.4) is 0 Å². The third kappa shape index (κ3) is 3.55. The Kier molecular flexibility index (Phi) is 5.77. The fourth-order valence-electron chi connectivity index (χ4n) is 2.78. The quantitative estimate of drug-likeness (QED) is 0.811. The molecule has 3 rings (SSSR count). The molecule has 1 aliphatic rings. The monoisotopic (exact) mass is 375 g/mol. The molecule has 1 atom stereocenters. The zero-order chi connectivity index (χ0) is 17.0. The van der Waals surface area contributed by atoms with Crippen molar-refractivity contribution in [2.45, 2.75) is 33.2 Å². The lowest BCUT2D eigenvalue weighted by atomic mass is 9.93. The summed E-state index contributed by atoms with van der Waals surface area (Å²) < 4.78 is 0.651. The van der Waals surface area contributed by atoms with Crippen LogP contribution >= 0.6 is 15.9 Å². The third-order valence-electron chi connectivity index (χ3n) is 3.97. The molecule has 2 aromatic rings. The fourth-order valence-corrected chi connectivity index (χ4v) is 3.13. The van der Waals surface area contributed by atoms with Gasteiger partial charge in [-0.05, 0) is 46.5 Å². The molecule has 122 valence electrons. The number of anilines is 1. The number of hydrogen-bond acceptors (Lipinski definition) is 3. The minimum Gasteiger partial charge on any atom is -0.383 e. The number of benzene rings is 1. The van der Waals surface area contributed by atoms with E-state index in [2.05, 4.69) is 40.0 Å². The lowest BCUT2D eigenvalue weighted by Crippen LogP contribution is -2.38. The normalized spacial score (nSPS) is 16.2. The van der Waals surface area contributed by atoms with E-state index in [4.69, 9.17) is 5.73 Å². The lowest BCUT2D eigenvalue weighted by molar-refractivity contribution is 0.0677. The molecule has 1 aromatic carbocycles. The van der Waals surface area contributed by atoms with Crippen LogP contribution in [-0.4, -0.2) is 22.3 Å². The number of pyridine rings is 1. The number of carbonyl (C=O) groups is 1. The van der Waals surface area contributed by atoms with E-state index in [1.807, 2.05) is 30.9 Å². The van der Waals surface area contributed by atoms with Gasteiger partial charge in [0.05, 0.1) is 16.1 Å². The molecule has 5 heteroatoms. The van der Waals surface area contributed by atoms with Crippen molar-refractivity contribution in [1.29, 1.82) is 0 Å². The van der Waals surface area contributed by atoms with Gasteiger partial charge in [-0.25, -0.2) is 4.98 Å². The Labute approximate surface area is 145 Å². The number of amides is 1. The van der Waals surface area contributed by atoms with Gasteiger partial charge in [-0.3, -0.25) is 4.79 Å². The summed E-state index contributed by atoms with van der Waals surface area (Å²) in [7, 11) is 0. The second kappa shape index (κ2) is 7.59. The van der Waals surface area contributed by atoms with Gasteiger partial charge in [0.2, 0.25) is 0 Å². The van der Waals surface area contributed by atoms with Gasteiger partial charge in [0, 0.05) is 12.7 Å². The van der Waals surface area contributed by atoms with E-state index in [0.29, 0.717) is 15.9 Å². The smallest absolute Gasteiger partial charge is 0.255 e. The summed E-state index contributed by atoms with van der Waals surface area (Å²) in [5.74, 6) is 0.383. The minimum absolute atomic E-state index is 0.00907. The van der Waals surface area contributed by atoms with Crippen LogP contribution < -0.4 is 5.73 Å². The molecule has 0 spiro atoms. The Balaban J connectivity index is 0.000000924. The standard InChI is InChI=1S/C16H16BrN3O.C2H6/c1-10-13-5-3-2-4-11(13)6-7-20(10)16(21)12-8-14(17)15(18)19-9-12;1-2/h2-5,8-10H,6-7H2,1H3,(H2,18,19);1-2H3/t10-;/m1./s1. The van der Waals surface area contributed by atoms with E-state index in [9.17, 15) is 4.79 Å². The Hall–Kier alpha value is -1.88. The molecular weight excluding hydrogens is 354 g/mol. The first kappa shape index (κ1) is 17.5. The summed E-state index contributed by atoms with van der Waals surface area (Å²) in [6.45, 7) is 6.79. The molecule has 1 amide bonds. The van der Waals surface area contributed by atoms with Gasteiger partial charge in [-0.1, -0.05) is 38.1 Å². The van der Waals surface area contributed by atoms with Crippen LogP contribution in [-0.2, 0) is 6.42 Å². The largest absolute Gasteiger partial charge is 0.383 e. The van der Waals surface area contributed by atoms with Crippen molar-refractivity contribution in [1.82, 2.24) is 9.88 Å². The number of nitrogens with zero attached hydrogens (tertiary/aromatic N) is 2. The predicted octanol–water partition coefficient (Wildman–Crippen LogP) is 4.21. The zero-order valence-corrected chi connectivity index (χ0v) is 15.3. The van der Waals surface area contributed by atoms with E-state index in [1.54, 1.807) is 6.07 Å². The number of nitrogen functional groups attached to an aromatic ring is 1. The van der Waals surface area contributed by atoms with Gasteiger partial charge in [-0.2, -0.15) is 0 Å². The van der Waals surface area contributed by atoms with Gasteiger partial charge < -0.3 is 10.6 Å². The maximum absolute atomic E-state index is 12.7. The van der Waals surface area contributed by atoms with Crippen LogP contribution in [0.5, 0.6) is 0 Å². The first-order chi connectivity index (χ1) is 11.1. The predicted molar refractivity (Wildman–Crippen MR) is 97.3 cm³/mol. The molecule has 0 saturated carbocycles. The van der Waals surface area contributed by atoms with Gasteiger partial charge in [0.1, 0.15) is 5.82 Å². The molecule has 0 saturated heterocycles. The molecule has 1 aromatic heterocycles. The second-order valence-electron chi connectivity index (χ2n) is 5.21. The van der Waals surface area contributed by atoms with Crippen molar-refractivity contribution >= 4 is 27.7 Å². The van der Waals surface area contributed by atoms with E-state index in [0.717, 1.165) is 13.0 Å². The van der Waals surface area contributed by atoms with Crippen molar-refractivity contribution in [3.8, 4) is 0 Å². The first-order valence-corrected chi connectivity index (χ1v) is 8.67. The van der Waals surface area contributed by atoms with E-state index in [-0.39, 0.29) is 11.9 Å². The van der Waals surface area contributed by atoms with Crippen LogP contribution in [0.4, 0.5) is 5.82 Å². The maximum Gasteiger partial charge on any atom is 0.255 e. The van der Waals surface area contributed by atoms with E-state index >= 15 is 0 Å². The molecule has 23 heavy (non-hydrogen) atoms. The number of hydrogen-bond donors (Lipinski definition) is 1. The molecule has 2 N–H and O–H groups in total. The van der Waals surface area contributed by atoms with Crippen LogP contribution in [0.25, 0.3) is 0 Å². The van der Waals surface area contributed by atoms with Gasteiger partial charge >= 0.3 is 0 Å². The average Bonchev–Trinajstić information content (AvgIpc) is 2.59. The highest BCUT2D eigenvalue weighted by atomic mass is 79.9. The lowest BCUT2D eigenvalue weighted by Gasteiger charge is -2.35. The number of halogens is 1. The van der Waals surface area contributed by atoms with E-state index < -0.39 is 0 Å². The molecular formula is C18H22BrN3O. The summed E-state index contributed by atoms with van der Waals surface area (Å²) in [4.78, 5) is 18.6. The summed E-state index contributed by atoms with van der Waals surface area (Å²) in [6.07, 6.45) is 2.42. The van der Waals surface area contributed by atoms with Gasteiger partial charge in [0.15, 0.2) is 0 Å². The van der Waals surface area contributed by atoms with E-state index in [1.165, 1.54) is 17.3 Å². The molecule has 1 aliphatic heterocycles. The Bertz CT molecular complexity index is 702. The van der Waals surface area contributed by atoms with Crippen molar-refractivity contribution in [3.63, 3.8) is 0 Å². The molecule has 0 fully saturated rings. The molecule has 2 heterocycles. The number of aromatic nitrogens is 1. The van der Waals surface area contributed by atoms with Crippen molar-refractivity contribution in [3.05, 3.63) is 57.7 Å². The Morgan fingerprint density at radius 3 is 2.74 bits per heavy atom. The zero-order valence-electron chi connectivity index (χ0n) is 13.7. The molecule has 4 nitrogen and oxygen atoms in total. The van der Waals surface area contributed by atoms with Crippen LogP contribution in [0, 0.1) is 0 Å². The SMILES string of the molecule is CC.C[C@@H]1c2ccccc2CCN1C(=O)c1cnc(N)c(Br)c1. The maximum atomic E-state index is 12.7. The number of carbonyl (C=O) groups excluding carboxylic acids is 1. The first-order valence-electron chi connectivity index (χ1n) is 7.87.